The van der Waals surface area contributed by atoms with Gasteiger partial charge < -0.3 is 10.0 Å². The van der Waals surface area contributed by atoms with Crippen LogP contribution in [-0.2, 0) is 9.59 Å². The minimum atomic E-state index is -0.929. The highest BCUT2D eigenvalue weighted by atomic mass is 32.2. The molecule has 2 rings (SSSR count). The van der Waals surface area contributed by atoms with Gasteiger partial charge in [0.25, 0.3) is 0 Å². The lowest BCUT2D eigenvalue weighted by molar-refractivity contribution is -0.147. The van der Waals surface area contributed by atoms with Crippen LogP contribution >= 0.6 is 23.1 Å². The van der Waals surface area contributed by atoms with Gasteiger partial charge in [-0.25, -0.2) is 4.79 Å². The van der Waals surface area contributed by atoms with E-state index in [0.717, 1.165) is 16.2 Å². The number of nitrogens with zero attached hydrogens (tertiary/aromatic N) is 1. The number of hydrogen-bond donors (Lipinski definition) is 1. The number of hydrogen-bond acceptors (Lipinski definition) is 4. The molecule has 0 spiro atoms. The number of carbonyl (C=O) groups excluding carboxylic acids is 1. The summed E-state index contributed by atoms with van der Waals surface area (Å²) in [5.41, 5.74) is 1.12. The molecule has 1 N–H and O–H groups in total. The van der Waals surface area contributed by atoms with E-state index in [1.54, 1.807) is 29.2 Å². The number of carbonyl (C=O) groups is 2. The van der Waals surface area contributed by atoms with Gasteiger partial charge in [-0.15, -0.1) is 11.3 Å². The van der Waals surface area contributed by atoms with E-state index in [9.17, 15) is 9.59 Å². The predicted molar refractivity (Wildman–Crippen MR) is 78.6 cm³/mol. The van der Waals surface area contributed by atoms with Crippen molar-refractivity contribution in [3.63, 3.8) is 0 Å². The van der Waals surface area contributed by atoms with E-state index in [0.29, 0.717) is 12.3 Å². The first-order valence-electron chi connectivity index (χ1n) is 5.93. The Morgan fingerprint density at radius 1 is 1.53 bits per heavy atom. The summed E-state index contributed by atoms with van der Waals surface area (Å²) >= 11 is 3.14. The zero-order valence-electron chi connectivity index (χ0n) is 10.5. The fourth-order valence-corrected chi connectivity index (χ4v) is 3.73. The number of amides is 1. The zero-order valence-corrected chi connectivity index (χ0v) is 12.2. The molecule has 2 heterocycles. The first kappa shape index (κ1) is 14.1. The number of carboxylic acids is 1. The number of rotatable bonds is 3. The van der Waals surface area contributed by atoms with Crippen LogP contribution in [0.2, 0.25) is 0 Å². The molecule has 1 amide bonds. The maximum absolute atomic E-state index is 12.1. The third-order valence-corrected chi connectivity index (χ3v) is 4.98. The van der Waals surface area contributed by atoms with E-state index in [2.05, 4.69) is 0 Å². The number of thioether (sulfide) groups is 1. The molecule has 0 aromatic carbocycles. The average molecular weight is 297 g/mol. The van der Waals surface area contributed by atoms with Gasteiger partial charge in [-0.05, 0) is 30.0 Å². The highest BCUT2D eigenvalue weighted by molar-refractivity contribution is 7.99. The standard InChI is InChI=1S/C13H15NO3S2/c1-9-4-6-19-11(9)2-3-12(15)14-5-7-18-8-10(14)13(16)17/h2-4,6,10H,5,7-8H2,1H3,(H,16,17)/b3-2+. The molecule has 0 saturated carbocycles. The van der Waals surface area contributed by atoms with Crippen molar-refractivity contribution >= 4 is 41.1 Å². The minimum Gasteiger partial charge on any atom is -0.480 e. The van der Waals surface area contributed by atoms with E-state index in [1.165, 1.54) is 11.0 Å². The molecule has 4 nitrogen and oxygen atoms in total. The summed E-state index contributed by atoms with van der Waals surface area (Å²) in [4.78, 5) is 25.7. The quantitative estimate of drug-likeness (QED) is 0.868. The highest BCUT2D eigenvalue weighted by Gasteiger charge is 2.31. The van der Waals surface area contributed by atoms with Gasteiger partial charge in [-0.2, -0.15) is 11.8 Å². The lowest BCUT2D eigenvalue weighted by Gasteiger charge is -2.31. The molecule has 1 unspecified atom stereocenters. The molecule has 0 bridgehead atoms. The van der Waals surface area contributed by atoms with E-state index >= 15 is 0 Å². The fourth-order valence-electron chi connectivity index (χ4n) is 1.87. The molecular weight excluding hydrogens is 282 g/mol. The first-order valence-corrected chi connectivity index (χ1v) is 7.96. The molecule has 1 aromatic rings. The average Bonchev–Trinajstić information content (AvgIpc) is 2.81. The molecule has 1 saturated heterocycles. The van der Waals surface area contributed by atoms with Crippen molar-refractivity contribution in [3.05, 3.63) is 28.0 Å². The summed E-state index contributed by atoms with van der Waals surface area (Å²) < 4.78 is 0. The molecule has 1 atom stereocenters. The number of thiophene rings is 1. The zero-order chi connectivity index (χ0) is 13.8. The van der Waals surface area contributed by atoms with Gasteiger partial charge in [0.15, 0.2) is 0 Å². The Labute approximate surface area is 120 Å². The van der Waals surface area contributed by atoms with Crippen molar-refractivity contribution < 1.29 is 14.7 Å². The van der Waals surface area contributed by atoms with Crippen LogP contribution in [-0.4, -0.2) is 46.0 Å². The Hall–Kier alpha value is -1.27. The number of aliphatic carboxylic acids is 1. The monoisotopic (exact) mass is 297 g/mol. The van der Waals surface area contributed by atoms with Crippen LogP contribution in [0.25, 0.3) is 6.08 Å². The summed E-state index contributed by atoms with van der Waals surface area (Å²) in [5, 5.41) is 11.1. The van der Waals surface area contributed by atoms with Crippen LogP contribution in [0.15, 0.2) is 17.5 Å². The Bertz CT molecular complexity index is 510. The normalized spacial score (nSPS) is 19.8. The van der Waals surface area contributed by atoms with E-state index in [4.69, 9.17) is 5.11 Å². The van der Waals surface area contributed by atoms with Crippen molar-refractivity contribution in [2.45, 2.75) is 13.0 Å². The SMILES string of the molecule is Cc1ccsc1/C=C/C(=O)N1CCSCC1C(=O)O. The molecule has 1 fully saturated rings. The van der Waals surface area contributed by atoms with Gasteiger partial charge in [0.1, 0.15) is 6.04 Å². The van der Waals surface area contributed by atoms with E-state index in [-0.39, 0.29) is 5.91 Å². The van der Waals surface area contributed by atoms with Crippen LogP contribution in [0.4, 0.5) is 0 Å². The maximum atomic E-state index is 12.1. The highest BCUT2D eigenvalue weighted by Crippen LogP contribution is 2.19. The van der Waals surface area contributed by atoms with Crippen LogP contribution in [0.1, 0.15) is 10.4 Å². The minimum absolute atomic E-state index is 0.222. The molecular formula is C13H15NO3S2. The lowest BCUT2D eigenvalue weighted by Crippen LogP contribution is -2.49. The molecule has 6 heteroatoms. The van der Waals surface area contributed by atoms with Crippen LogP contribution in [0.3, 0.4) is 0 Å². The van der Waals surface area contributed by atoms with Crippen molar-refractivity contribution in [1.29, 1.82) is 0 Å². The van der Waals surface area contributed by atoms with E-state index in [1.807, 2.05) is 18.4 Å². The summed E-state index contributed by atoms with van der Waals surface area (Å²) in [6.45, 7) is 2.48. The van der Waals surface area contributed by atoms with Crippen LogP contribution in [0, 0.1) is 6.92 Å². The smallest absolute Gasteiger partial charge is 0.327 e. The van der Waals surface area contributed by atoms with E-state index < -0.39 is 12.0 Å². The van der Waals surface area contributed by atoms with Gasteiger partial charge in [-0.1, -0.05) is 0 Å². The van der Waals surface area contributed by atoms with Crippen LogP contribution in [0.5, 0.6) is 0 Å². The van der Waals surface area contributed by atoms with Crippen molar-refractivity contribution in [2.75, 3.05) is 18.1 Å². The second-order valence-electron chi connectivity index (χ2n) is 4.26. The lowest BCUT2D eigenvalue weighted by atomic mass is 10.2. The Kier molecular flexibility index (Phi) is 4.66. The molecule has 102 valence electrons. The summed E-state index contributed by atoms with van der Waals surface area (Å²) in [5.74, 6) is 0.107. The third-order valence-electron chi connectivity index (χ3n) is 2.98. The summed E-state index contributed by atoms with van der Waals surface area (Å²) in [7, 11) is 0. The topological polar surface area (TPSA) is 57.6 Å². The molecule has 1 aromatic heterocycles. The second-order valence-corrected chi connectivity index (χ2v) is 6.36. The van der Waals surface area contributed by atoms with Gasteiger partial charge in [0.2, 0.25) is 5.91 Å². The fraction of sp³-hybridized carbons (Fsp3) is 0.385. The Morgan fingerprint density at radius 2 is 2.32 bits per heavy atom. The number of aryl methyl sites for hydroxylation is 1. The van der Waals surface area contributed by atoms with Gasteiger partial charge in [0, 0.05) is 29.0 Å². The van der Waals surface area contributed by atoms with Crippen molar-refractivity contribution in [3.8, 4) is 0 Å². The Balaban J connectivity index is 2.08. The molecule has 0 radical (unpaired) electrons. The largest absolute Gasteiger partial charge is 0.480 e. The third kappa shape index (κ3) is 3.39. The van der Waals surface area contributed by atoms with Gasteiger partial charge in [0.05, 0.1) is 0 Å². The Morgan fingerprint density at radius 3 is 2.95 bits per heavy atom. The second kappa shape index (κ2) is 6.25. The molecule has 19 heavy (non-hydrogen) atoms. The van der Waals surface area contributed by atoms with Gasteiger partial charge >= 0.3 is 5.97 Å². The molecule has 0 aliphatic carbocycles. The summed E-state index contributed by atoms with van der Waals surface area (Å²) in [6, 6.07) is 1.28. The first-order chi connectivity index (χ1) is 9.09. The maximum Gasteiger partial charge on any atom is 0.327 e. The van der Waals surface area contributed by atoms with Crippen molar-refractivity contribution in [2.24, 2.45) is 0 Å². The van der Waals surface area contributed by atoms with Crippen LogP contribution < -0.4 is 0 Å². The summed E-state index contributed by atoms with van der Waals surface area (Å²) in [6.07, 6.45) is 3.24. The van der Waals surface area contributed by atoms with Crippen molar-refractivity contribution in [1.82, 2.24) is 4.90 Å². The predicted octanol–water partition coefficient (Wildman–Crippen LogP) is 2.10. The van der Waals surface area contributed by atoms with Gasteiger partial charge in [-0.3, -0.25) is 4.79 Å². The number of carboxylic acid groups (broad SMARTS) is 1. The molecule has 1 aliphatic rings. The molecule has 1 aliphatic heterocycles.